The third kappa shape index (κ3) is 4.52. The van der Waals surface area contributed by atoms with Gasteiger partial charge in [-0.05, 0) is 35.9 Å². The summed E-state index contributed by atoms with van der Waals surface area (Å²) in [5, 5.41) is 2.94. The summed E-state index contributed by atoms with van der Waals surface area (Å²) in [6.07, 6.45) is 0.142. The molecule has 0 unspecified atom stereocenters. The quantitative estimate of drug-likeness (QED) is 0.840. The molecule has 0 fully saturated rings. The Hall–Kier alpha value is -2.47. The summed E-state index contributed by atoms with van der Waals surface area (Å²) in [6.45, 7) is 0. The van der Waals surface area contributed by atoms with Crippen LogP contribution >= 0.6 is 11.6 Å². The number of esters is 1. The fraction of sp³-hybridized carbons (Fsp3) is 0.176. The van der Waals surface area contributed by atoms with Gasteiger partial charge in [0, 0.05) is 17.0 Å². The maximum absolute atomic E-state index is 13.2. The zero-order valence-electron chi connectivity index (χ0n) is 12.7. The van der Waals surface area contributed by atoms with Crippen molar-refractivity contribution in [1.29, 1.82) is 0 Å². The number of carbonyl (C=O) groups excluding carboxylic acids is 2. The van der Waals surface area contributed by atoms with Crippen LogP contribution in [0.1, 0.15) is 15.9 Å². The van der Waals surface area contributed by atoms with Crippen LogP contribution in [0.4, 0.5) is 8.78 Å². The zero-order valence-corrected chi connectivity index (χ0v) is 13.4. The first kappa shape index (κ1) is 17.9. The van der Waals surface area contributed by atoms with E-state index in [1.54, 1.807) is 24.3 Å². The molecule has 0 aliphatic heterocycles. The van der Waals surface area contributed by atoms with Crippen molar-refractivity contribution in [2.75, 3.05) is 7.11 Å². The standard InChI is InChI=1S/C17H14ClF2NO3/c1-24-17(23)15(8-10-3-2-4-12(18)7-10)21-16(22)11-5-6-13(19)14(20)9-11/h2-7,9,15H,8H2,1H3,(H,21,22)/t15-/m1/s1. The third-order valence-corrected chi connectivity index (χ3v) is 3.54. The van der Waals surface area contributed by atoms with Crippen molar-refractivity contribution in [2.24, 2.45) is 0 Å². The Morgan fingerprint density at radius 3 is 2.54 bits per heavy atom. The molecule has 1 N–H and O–H groups in total. The molecule has 7 heteroatoms. The van der Waals surface area contributed by atoms with Gasteiger partial charge in [-0.1, -0.05) is 23.7 Å². The molecule has 0 saturated carbocycles. The molecule has 0 spiro atoms. The normalized spacial score (nSPS) is 11.7. The predicted octanol–water partition coefficient (Wildman–Crippen LogP) is 3.13. The van der Waals surface area contributed by atoms with Crippen LogP contribution in [0.25, 0.3) is 0 Å². The summed E-state index contributed by atoms with van der Waals surface area (Å²) in [5.41, 5.74) is 0.609. The Bertz CT molecular complexity index is 767. The minimum Gasteiger partial charge on any atom is -0.467 e. The van der Waals surface area contributed by atoms with Gasteiger partial charge in [0.05, 0.1) is 7.11 Å². The van der Waals surface area contributed by atoms with E-state index in [1.165, 1.54) is 7.11 Å². The summed E-state index contributed by atoms with van der Waals surface area (Å²) in [4.78, 5) is 24.0. The van der Waals surface area contributed by atoms with Gasteiger partial charge < -0.3 is 10.1 Å². The fourth-order valence-electron chi connectivity index (χ4n) is 2.11. The van der Waals surface area contributed by atoms with Crippen molar-refractivity contribution in [2.45, 2.75) is 12.5 Å². The van der Waals surface area contributed by atoms with E-state index in [2.05, 4.69) is 10.1 Å². The van der Waals surface area contributed by atoms with E-state index in [0.29, 0.717) is 10.6 Å². The number of nitrogens with one attached hydrogen (secondary N) is 1. The first-order valence-corrected chi connectivity index (χ1v) is 7.36. The van der Waals surface area contributed by atoms with Crippen molar-refractivity contribution < 1.29 is 23.1 Å². The van der Waals surface area contributed by atoms with E-state index in [9.17, 15) is 18.4 Å². The van der Waals surface area contributed by atoms with Gasteiger partial charge in [-0.25, -0.2) is 13.6 Å². The minimum atomic E-state index is -1.15. The minimum absolute atomic E-state index is 0.103. The van der Waals surface area contributed by atoms with Crippen molar-refractivity contribution in [3.63, 3.8) is 0 Å². The molecular formula is C17H14ClF2NO3. The van der Waals surface area contributed by atoms with Gasteiger partial charge in [0.25, 0.3) is 5.91 Å². The molecular weight excluding hydrogens is 340 g/mol. The van der Waals surface area contributed by atoms with Crippen molar-refractivity contribution in [3.05, 3.63) is 70.2 Å². The second kappa shape index (κ2) is 7.88. The maximum Gasteiger partial charge on any atom is 0.328 e. The van der Waals surface area contributed by atoms with E-state index in [-0.39, 0.29) is 12.0 Å². The van der Waals surface area contributed by atoms with Gasteiger partial charge >= 0.3 is 5.97 Å². The highest BCUT2D eigenvalue weighted by atomic mass is 35.5. The first-order valence-electron chi connectivity index (χ1n) is 6.99. The Kier molecular flexibility index (Phi) is 5.87. The summed E-state index contributed by atoms with van der Waals surface area (Å²) in [6, 6.07) is 8.52. The highest BCUT2D eigenvalue weighted by Gasteiger charge is 2.23. The van der Waals surface area contributed by atoms with Crippen molar-refractivity contribution in [3.8, 4) is 0 Å². The van der Waals surface area contributed by atoms with Crippen molar-refractivity contribution >= 4 is 23.5 Å². The molecule has 1 atom stereocenters. The van der Waals surface area contributed by atoms with Gasteiger partial charge in [-0.15, -0.1) is 0 Å². The van der Waals surface area contributed by atoms with Crippen molar-refractivity contribution in [1.82, 2.24) is 5.32 Å². The lowest BCUT2D eigenvalue weighted by atomic mass is 10.1. The molecule has 2 rings (SSSR count). The topological polar surface area (TPSA) is 55.4 Å². The highest BCUT2D eigenvalue weighted by Crippen LogP contribution is 2.14. The number of amides is 1. The van der Waals surface area contributed by atoms with Crippen LogP contribution < -0.4 is 5.32 Å². The molecule has 24 heavy (non-hydrogen) atoms. The van der Waals surface area contributed by atoms with E-state index < -0.39 is 29.6 Å². The van der Waals surface area contributed by atoms with Gasteiger partial charge in [0.2, 0.25) is 0 Å². The number of hydrogen-bond acceptors (Lipinski definition) is 3. The second-order valence-electron chi connectivity index (χ2n) is 5.01. The summed E-state index contributed by atoms with van der Waals surface area (Å²) in [7, 11) is 1.19. The maximum atomic E-state index is 13.2. The SMILES string of the molecule is COC(=O)[C@@H](Cc1cccc(Cl)c1)NC(=O)c1ccc(F)c(F)c1. The number of methoxy groups -OCH3 is 1. The molecule has 126 valence electrons. The summed E-state index contributed by atoms with van der Waals surface area (Å²) in [5.74, 6) is -3.58. The molecule has 0 aromatic heterocycles. The molecule has 0 aliphatic carbocycles. The number of hydrogen-bond donors (Lipinski definition) is 1. The Balaban J connectivity index is 2.17. The van der Waals surface area contributed by atoms with E-state index in [1.807, 2.05) is 0 Å². The second-order valence-corrected chi connectivity index (χ2v) is 5.45. The van der Waals surface area contributed by atoms with Crippen LogP contribution in [-0.4, -0.2) is 25.0 Å². The molecule has 2 aromatic rings. The van der Waals surface area contributed by atoms with Crippen LogP contribution in [0.3, 0.4) is 0 Å². The molecule has 2 aromatic carbocycles. The van der Waals surface area contributed by atoms with Gasteiger partial charge in [0.15, 0.2) is 11.6 Å². The number of halogens is 3. The Morgan fingerprint density at radius 1 is 1.17 bits per heavy atom. The molecule has 0 bridgehead atoms. The largest absolute Gasteiger partial charge is 0.467 e. The van der Waals surface area contributed by atoms with E-state index in [0.717, 1.165) is 18.2 Å². The zero-order chi connectivity index (χ0) is 17.7. The van der Waals surface area contributed by atoms with Crippen LogP contribution in [0.2, 0.25) is 5.02 Å². The average Bonchev–Trinajstić information content (AvgIpc) is 2.56. The monoisotopic (exact) mass is 353 g/mol. The van der Waals surface area contributed by atoms with Gasteiger partial charge in [-0.2, -0.15) is 0 Å². The van der Waals surface area contributed by atoms with Gasteiger partial charge in [-0.3, -0.25) is 4.79 Å². The Labute approximate surface area is 142 Å². The van der Waals surface area contributed by atoms with Crippen LogP contribution in [0.5, 0.6) is 0 Å². The number of ether oxygens (including phenoxy) is 1. The van der Waals surface area contributed by atoms with E-state index >= 15 is 0 Å². The molecule has 1 amide bonds. The van der Waals surface area contributed by atoms with Gasteiger partial charge in [0.1, 0.15) is 6.04 Å². The van der Waals surface area contributed by atoms with Crippen LogP contribution in [0.15, 0.2) is 42.5 Å². The molecule has 0 saturated heterocycles. The smallest absolute Gasteiger partial charge is 0.328 e. The first-order chi connectivity index (χ1) is 11.4. The average molecular weight is 354 g/mol. The lowest BCUT2D eigenvalue weighted by Gasteiger charge is -2.17. The van der Waals surface area contributed by atoms with Crippen LogP contribution in [-0.2, 0) is 16.0 Å². The molecule has 0 aliphatic rings. The molecule has 4 nitrogen and oxygen atoms in total. The number of benzene rings is 2. The van der Waals surface area contributed by atoms with Crippen LogP contribution in [0, 0.1) is 11.6 Å². The fourth-order valence-corrected chi connectivity index (χ4v) is 2.33. The summed E-state index contributed by atoms with van der Waals surface area (Å²) < 4.78 is 30.8. The summed E-state index contributed by atoms with van der Waals surface area (Å²) >= 11 is 5.89. The molecule has 0 radical (unpaired) electrons. The number of rotatable bonds is 5. The lowest BCUT2D eigenvalue weighted by Crippen LogP contribution is -2.43. The number of carbonyl (C=O) groups is 2. The van der Waals surface area contributed by atoms with E-state index in [4.69, 9.17) is 11.6 Å². The Morgan fingerprint density at radius 2 is 1.92 bits per heavy atom. The molecule has 0 heterocycles. The lowest BCUT2D eigenvalue weighted by molar-refractivity contribution is -0.142. The highest BCUT2D eigenvalue weighted by molar-refractivity contribution is 6.30. The predicted molar refractivity (Wildman–Crippen MR) is 84.8 cm³/mol. The third-order valence-electron chi connectivity index (χ3n) is 3.30.